The molecule has 0 aromatic rings. The number of piperidine rings is 1. The highest BCUT2D eigenvalue weighted by molar-refractivity contribution is 5.85. The molecule has 1 saturated heterocycles. The third-order valence-corrected chi connectivity index (χ3v) is 2.60. The van der Waals surface area contributed by atoms with Gasteiger partial charge in [-0.05, 0) is 40.5 Å². The first kappa shape index (κ1) is 14.7. The molecule has 0 aromatic heterocycles. The summed E-state index contributed by atoms with van der Waals surface area (Å²) in [4.78, 5) is 11.0. The van der Waals surface area contributed by atoms with Gasteiger partial charge >= 0.3 is 0 Å². The van der Waals surface area contributed by atoms with Gasteiger partial charge in [0, 0.05) is 24.0 Å². The zero-order chi connectivity index (χ0) is 11.0. The molecule has 3 nitrogen and oxygen atoms in total. The third-order valence-electron chi connectivity index (χ3n) is 2.60. The van der Waals surface area contributed by atoms with E-state index in [0.717, 1.165) is 12.8 Å². The van der Waals surface area contributed by atoms with Crippen molar-refractivity contribution in [1.29, 1.82) is 0 Å². The molecule has 0 saturated carbocycles. The van der Waals surface area contributed by atoms with E-state index in [4.69, 9.17) is 0 Å². The van der Waals surface area contributed by atoms with Gasteiger partial charge in [-0.1, -0.05) is 0 Å². The molecule has 1 aliphatic heterocycles. The minimum atomic E-state index is 0. The average molecular weight is 235 g/mol. The second kappa shape index (κ2) is 4.71. The van der Waals surface area contributed by atoms with Crippen LogP contribution in [0.4, 0.5) is 0 Å². The molecule has 1 fully saturated rings. The third kappa shape index (κ3) is 4.85. The number of carbonyl (C=O) groups is 1. The Bertz CT molecular complexity index is 223. The highest BCUT2D eigenvalue weighted by Crippen LogP contribution is 2.28. The number of hydrogen-bond donors (Lipinski definition) is 2. The van der Waals surface area contributed by atoms with Gasteiger partial charge in [0.1, 0.15) is 0 Å². The van der Waals surface area contributed by atoms with Crippen molar-refractivity contribution in [2.24, 2.45) is 0 Å². The molecular formula is C11H23ClN2O. The Balaban J connectivity index is 0.00000196. The summed E-state index contributed by atoms with van der Waals surface area (Å²) in [5.41, 5.74) is 0.212. The fourth-order valence-corrected chi connectivity index (χ4v) is 2.71. The molecule has 0 bridgehead atoms. The summed E-state index contributed by atoms with van der Waals surface area (Å²) < 4.78 is 0. The van der Waals surface area contributed by atoms with Crippen LogP contribution in [-0.2, 0) is 4.79 Å². The van der Waals surface area contributed by atoms with E-state index in [2.05, 4.69) is 38.3 Å². The van der Waals surface area contributed by atoms with Crippen molar-refractivity contribution < 1.29 is 4.79 Å². The monoisotopic (exact) mass is 234 g/mol. The van der Waals surface area contributed by atoms with Crippen molar-refractivity contribution in [3.8, 4) is 0 Å². The predicted octanol–water partition coefficient (Wildman–Crippen LogP) is 1.85. The van der Waals surface area contributed by atoms with Crippen LogP contribution >= 0.6 is 12.4 Å². The van der Waals surface area contributed by atoms with Crippen molar-refractivity contribution in [3.05, 3.63) is 0 Å². The number of hydrogen-bond acceptors (Lipinski definition) is 2. The molecule has 2 N–H and O–H groups in total. The van der Waals surface area contributed by atoms with Gasteiger partial charge in [-0.2, -0.15) is 0 Å². The van der Waals surface area contributed by atoms with Crippen molar-refractivity contribution in [1.82, 2.24) is 10.6 Å². The zero-order valence-corrected chi connectivity index (χ0v) is 11.1. The van der Waals surface area contributed by atoms with Crippen LogP contribution in [0.1, 0.15) is 47.5 Å². The van der Waals surface area contributed by atoms with Gasteiger partial charge in [0.2, 0.25) is 5.91 Å². The van der Waals surface area contributed by atoms with E-state index in [1.807, 2.05) is 0 Å². The van der Waals surface area contributed by atoms with Crippen molar-refractivity contribution in [2.75, 3.05) is 0 Å². The first-order valence-electron chi connectivity index (χ1n) is 5.27. The van der Waals surface area contributed by atoms with Crippen LogP contribution in [0, 0.1) is 0 Å². The molecule has 0 unspecified atom stereocenters. The number of halogens is 1. The van der Waals surface area contributed by atoms with Crippen LogP contribution in [-0.4, -0.2) is 23.0 Å². The molecule has 0 atom stereocenters. The molecule has 1 amide bonds. The van der Waals surface area contributed by atoms with Gasteiger partial charge in [-0.3, -0.25) is 4.79 Å². The Labute approximate surface area is 98.8 Å². The molecule has 1 aliphatic rings. The van der Waals surface area contributed by atoms with Crippen LogP contribution in [0.2, 0.25) is 0 Å². The minimum Gasteiger partial charge on any atom is -0.353 e. The SMILES string of the molecule is CC(=O)NC1CC(C)(C)NC(C)(C)C1.Cl. The standard InChI is InChI=1S/C11H22N2O.ClH/c1-8(14)12-9-6-10(2,3)13-11(4,5)7-9;/h9,13H,6-7H2,1-5H3,(H,12,14);1H. The van der Waals surface area contributed by atoms with Gasteiger partial charge in [0.05, 0.1) is 0 Å². The lowest BCUT2D eigenvalue weighted by Gasteiger charge is -2.46. The predicted molar refractivity (Wildman–Crippen MR) is 65.4 cm³/mol. The summed E-state index contributed by atoms with van der Waals surface area (Å²) in [5.74, 6) is 0.0727. The largest absolute Gasteiger partial charge is 0.353 e. The minimum absolute atomic E-state index is 0. The van der Waals surface area contributed by atoms with Crippen LogP contribution in [0.15, 0.2) is 0 Å². The van der Waals surface area contributed by atoms with Crippen molar-refractivity contribution >= 4 is 18.3 Å². The smallest absolute Gasteiger partial charge is 0.217 e. The van der Waals surface area contributed by atoms with Crippen LogP contribution < -0.4 is 10.6 Å². The molecule has 4 heteroatoms. The lowest BCUT2D eigenvalue weighted by molar-refractivity contribution is -0.120. The molecule has 15 heavy (non-hydrogen) atoms. The molecule has 1 heterocycles. The average Bonchev–Trinajstić information content (AvgIpc) is 1.74. The fourth-order valence-electron chi connectivity index (χ4n) is 2.71. The maximum Gasteiger partial charge on any atom is 0.217 e. The van der Waals surface area contributed by atoms with E-state index in [1.165, 1.54) is 0 Å². The number of amides is 1. The lowest BCUT2D eigenvalue weighted by atomic mass is 9.79. The summed E-state index contributed by atoms with van der Waals surface area (Å²) in [6.45, 7) is 10.3. The molecule has 1 rings (SSSR count). The first-order chi connectivity index (χ1) is 6.20. The Morgan fingerprint density at radius 2 is 1.60 bits per heavy atom. The van der Waals surface area contributed by atoms with E-state index in [-0.39, 0.29) is 29.4 Å². The molecule has 0 spiro atoms. The quantitative estimate of drug-likeness (QED) is 0.727. The summed E-state index contributed by atoms with van der Waals surface area (Å²) >= 11 is 0. The normalized spacial score (nSPS) is 24.1. The van der Waals surface area contributed by atoms with Gasteiger partial charge in [-0.15, -0.1) is 12.4 Å². The Morgan fingerprint density at radius 3 is 1.93 bits per heavy atom. The van der Waals surface area contributed by atoms with Gasteiger partial charge in [0.25, 0.3) is 0 Å². The van der Waals surface area contributed by atoms with Crippen molar-refractivity contribution in [3.63, 3.8) is 0 Å². The highest BCUT2D eigenvalue weighted by Gasteiger charge is 2.37. The fraction of sp³-hybridized carbons (Fsp3) is 0.909. The maximum atomic E-state index is 11.0. The lowest BCUT2D eigenvalue weighted by Crippen LogP contribution is -2.62. The second-order valence-corrected chi connectivity index (χ2v) is 5.70. The Morgan fingerprint density at radius 1 is 1.20 bits per heavy atom. The Kier molecular flexibility index (Phi) is 4.62. The van der Waals surface area contributed by atoms with Gasteiger partial charge < -0.3 is 10.6 Å². The summed E-state index contributed by atoms with van der Waals surface area (Å²) in [5, 5.41) is 6.60. The molecule has 0 aromatic carbocycles. The van der Waals surface area contributed by atoms with Crippen LogP contribution in [0.5, 0.6) is 0 Å². The van der Waals surface area contributed by atoms with E-state index < -0.39 is 0 Å². The highest BCUT2D eigenvalue weighted by atomic mass is 35.5. The topological polar surface area (TPSA) is 41.1 Å². The number of nitrogens with one attached hydrogen (secondary N) is 2. The Hall–Kier alpha value is -0.280. The number of carbonyl (C=O) groups excluding carboxylic acids is 1. The summed E-state index contributed by atoms with van der Waals surface area (Å²) in [7, 11) is 0. The van der Waals surface area contributed by atoms with Crippen molar-refractivity contribution in [2.45, 2.75) is 64.6 Å². The maximum absolute atomic E-state index is 11.0. The van der Waals surface area contributed by atoms with E-state index in [9.17, 15) is 4.79 Å². The second-order valence-electron chi connectivity index (χ2n) is 5.70. The molecule has 0 aliphatic carbocycles. The molecular weight excluding hydrogens is 212 g/mol. The van der Waals surface area contributed by atoms with Crippen LogP contribution in [0.3, 0.4) is 0 Å². The van der Waals surface area contributed by atoms with E-state index in [0.29, 0.717) is 6.04 Å². The van der Waals surface area contributed by atoms with E-state index in [1.54, 1.807) is 6.92 Å². The zero-order valence-electron chi connectivity index (χ0n) is 10.3. The summed E-state index contributed by atoms with van der Waals surface area (Å²) in [6.07, 6.45) is 1.99. The molecule has 0 radical (unpaired) electrons. The number of rotatable bonds is 1. The van der Waals surface area contributed by atoms with Gasteiger partial charge in [0.15, 0.2) is 0 Å². The summed E-state index contributed by atoms with van der Waals surface area (Å²) in [6, 6.07) is 0.304. The van der Waals surface area contributed by atoms with Gasteiger partial charge in [-0.25, -0.2) is 0 Å². The van der Waals surface area contributed by atoms with E-state index >= 15 is 0 Å². The first-order valence-corrected chi connectivity index (χ1v) is 5.27. The molecule has 90 valence electrons. The van der Waals surface area contributed by atoms with Crippen LogP contribution in [0.25, 0.3) is 0 Å².